The van der Waals surface area contributed by atoms with Crippen molar-refractivity contribution in [1.29, 1.82) is 0 Å². The van der Waals surface area contributed by atoms with Gasteiger partial charge in [-0.25, -0.2) is 4.39 Å². The Kier molecular flexibility index (Phi) is 4.30. The molecule has 2 heteroatoms. The van der Waals surface area contributed by atoms with Gasteiger partial charge in [0.25, 0.3) is 0 Å². The lowest BCUT2D eigenvalue weighted by Gasteiger charge is -2.25. The van der Waals surface area contributed by atoms with Gasteiger partial charge < -0.3 is 5.73 Å². The van der Waals surface area contributed by atoms with E-state index in [0.717, 1.165) is 24.8 Å². The van der Waals surface area contributed by atoms with Crippen LogP contribution in [-0.2, 0) is 12.8 Å². The van der Waals surface area contributed by atoms with E-state index in [1.54, 1.807) is 12.1 Å². The number of rotatable bonds is 3. The highest BCUT2D eigenvalue weighted by Crippen LogP contribution is 2.37. The van der Waals surface area contributed by atoms with Crippen LogP contribution >= 0.6 is 0 Å². The Labute approximate surface area is 132 Å². The van der Waals surface area contributed by atoms with Gasteiger partial charge in [-0.3, -0.25) is 0 Å². The minimum Gasteiger partial charge on any atom is -0.327 e. The van der Waals surface area contributed by atoms with E-state index in [9.17, 15) is 4.39 Å². The molecule has 0 bridgehead atoms. The van der Waals surface area contributed by atoms with Crippen LogP contribution in [0.1, 0.15) is 48.4 Å². The van der Waals surface area contributed by atoms with Crippen LogP contribution < -0.4 is 5.73 Å². The third kappa shape index (κ3) is 2.93. The van der Waals surface area contributed by atoms with Gasteiger partial charge in [0.05, 0.1) is 0 Å². The maximum absolute atomic E-state index is 13.6. The minimum atomic E-state index is -0.142. The third-order valence-corrected chi connectivity index (χ3v) is 4.94. The molecule has 2 aromatic rings. The van der Waals surface area contributed by atoms with Gasteiger partial charge in [0.1, 0.15) is 5.82 Å². The van der Waals surface area contributed by atoms with E-state index in [1.807, 2.05) is 6.07 Å². The molecule has 0 radical (unpaired) electrons. The average molecular weight is 297 g/mol. The summed E-state index contributed by atoms with van der Waals surface area (Å²) < 4.78 is 13.6. The number of hydrogen-bond acceptors (Lipinski definition) is 1. The predicted octanol–water partition coefficient (Wildman–Crippen LogP) is 4.43. The standard InChI is InChI=1S/C20H24FN/c1-13(2)20(22)12-19-17-6-4-3-5-14(17)7-8-15-11-16(21)9-10-18(15)19/h3-6,9-11,13,19-20H,7-8,12,22H2,1-2H3. The highest BCUT2D eigenvalue weighted by Gasteiger charge is 2.26. The summed E-state index contributed by atoms with van der Waals surface area (Å²) in [6.45, 7) is 4.33. The molecule has 0 fully saturated rings. The summed E-state index contributed by atoms with van der Waals surface area (Å²) in [6.07, 6.45) is 2.78. The summed E-state index contributed by atoms with van der Waals surface area (Å²) in [5, 5.41) is 0. The predicted molar refractivity (Wildman–Crippen MR) is 89.5 cm³/mol. The zero-order chi connectivity index (χ0) is 15.7. The van der Waals surface area contributed by atoms with Crippen LogP contribution in [0.3, 0.4) is 0 Å². The second-order valence-corrected chi connectivity index (χ2v) is 6.74. The minimum absolute atomic E-state index is 0.142. The second-order valence-electron chi connectivity index (χ2n) is 6.74. The number of nitrogens with two attached hydrogens (primary N) is 1. The molecule has 1 nitrogen and oxygen atoms in total. The summed E-state index contributed by atoms with van der Waals surface area (Å²) in [6, 6.07) is 14.0. The lowest BCUT2D eigenvalue weighted by Crippen LogP contribution is -2.29. The van der Waals surface area contributed by atoms with E-state index < -0.39 is 0 Å². The van der Waals surface area contributed by atoms with Gasteiger partial charge in [-0.15, -0.1) is 0 Å². The smallest absolute Gasteiger partial charge is 0.123 e. The van der Waals surface area contributed by atoms with Gasteiger partial charge in [0.15, 0.2) is 0 Å². The Hall–Kier alpha value is -1.67. The van der Waals surface area contributed by atoms with Crippen molar-refractivity contribution in [3.05, 3.63) is 70.5 Å². The van der Waals surface area contributed by atoms with Crippen LogP contribution in [0.15, 0.2) is 42.5 Å². The summed E-state index contributed by atoms with van der Waals surface area (Å²) in [5.41, 5.74) is 11.5. The molecule has 2 N–H and O–H groups in total. The highest BCUT2D eigenvalue weighted by molar-refractivity contribution is 5.45. The highest BCUT2D eigenvalue weighted by atomic mass is 19.1. The number of aryl methyl sites for hydroxylation is 2. The summed E-state index contributed by atoms with van der Waals surface area (Å²) in [4.78, 5) is 0. The van der Waals surface area contributed by atoms with E-state index in [4.69, 9.17) is 5.73 Å². The fraction of sp³-hybridized carbons (Fsp3) is 0.400. The van der Waals surface area contributed by atoms with E-state index in [2.05, 4.69) is 38.1 Å². The fourth-order valence-corrected chi connectivity index (χ4v) is 3.47. The normalized spacial score (nSPS) is 18.5. The second kappa shape index (κ2) is 6.21. The first-order valence-electron chi connectivity index (χ1n) is 8.18. The maximum Gasteiger partial charge on any atom is 0.123 e. The van der Waals surface area contributed by atoms with Gasteiger partial charge in [-0.1, -0.05) is 44.2 Å². The first-order valence-corrected chi connectivity index (χ1v) is 8.18. The molecule has 116 valence electrons. The zero-order valence-corrected chi connectivity index (χ0v) is 13.4. The molecule has 0 aromatic heterocycles. The number of fused-ring (bicyclic) bond motifs is 2. The number of halogens is 1. The third-order valence-electron chi connectivity index (χ3n) is 4.94. The molecule has 0 aliphatic heterocycles. The molecule has 2 atom stereocenters. The molecule has 1 aliphatic carbocycles. The van der Waals surface area contributed by atoms with Crippen LogP contribution in [0.4, 0.5) is 4.39 Å². The first kappa shape index (κ1) is 15.2. The number of hydrogen-bond donors (Lipinski definition) is 1. The van der Waals surface area contributed by atoms with Gasteiger partial charge in [-0.05, 0) is 59.6 Å². The molecule has 0 saturated carbocycles. The Morgan fingerprint density at radius 3 is 2.50 bits per heavy atom. The van der Waals surface area contributed by atoms with Crippen LogP contribution in [0.2, 0.25) is 0 Å². The largest absolute Gasteiger partial charge is 0.327 e. The lowest BCUT2D eigenvalue weighted by atomic mass is 9.81. The number of benzene rings is 2. The van der Waals surface area contributed by atoms with Crippen LogP contribution in [-0.4, -0.2) is 6.04 Å². The van der Waals surface area contributed by atoms with Gasteiger partial charge in [0, 0.05) is 12.0 Å². The van der Waals surface area contributed by atoms with Crippen molar-refractivity contribution in [3.63, 3.8) is 0 Å². The first-order chi connectivity index (χ1) is 10.6. The molecule has 22 heavy (non-hydrogen) atoms. The van der Waals surface area contributed by atoms with E-state index >= 15 is 0 Å². The van der Waals surface area contributed by atoms with Crippen LogP contribution in [0.25, 0.3) is 0 Å². The van der Waals surface area contributed by atoms with Crippen molar-refractivity contribution in [1.82, 2.24) is 0 Å². The molecule has 2 unspecified atom stereocenters. The zero-order valence-electron chi connectivity index (χ0n) is 13.4. The Balaban J connectivity index is 2.08. The average Bonchev–Trinajstić information content (AvgIpc) is 2.65. The Morgan fingerprint density at radius 2 is 1.73 bits per heavy atom. The van der Waals surface area contributed by atoms with E-state index in [1.165, 1.54) is 16.7 Å². The summed E-state index contributed by atoms with van der Waals surface area (Å²) >= 11 is 0. The summed E-state index contributed by atoms with van der Waals surface area (Å²) in [7, 11) is 0. The van der Waals surface area contributed by atoms with Gasteiger partial charge in [0.2, 0.25) is 0 Å². The fourth-order valence-electron chi connectivity index (χ4n) is 3.47. The van der Waals surface area contributed by atoms with Crippen LogP contribution in [0.5, 0.6) is 0 Å². The molecule has 3 rings (SSSR count). The lowest BCUT2D eigenvalue weighted by molar-refractivity contribution is 0.444. The topological polar surface area (TPSA) is 26.0 Å². The molecule has 0 amide bonds. The quantitative estimate of drug-likeness (QED) is 0.891. The Bertz CT molecular complexity index is 663. The molecule has 0 heterocycles. The van der Waals surface area contributed by atoms with E-state index in [0.29, 0.717) is 5.92 Å². The SMILES string of the molecule is CC(C)C(N)CC1c2ccccc2CCc2cc(F)ccc21. The molecular weight excluding hydrogens is 273 g/mol. The molecule has 0 saturated heterocycles. The maximum atomic E-state index is 13.6. The van der Waals surface area contributed by atoms with Crippen molar-refractivity contribution in [2.24, 2.45) is 11.7 Å². The van der Waals surface area contributed by atoms with Crippen molar-refractivity contribution in [2.75, 3.05) is 0 Å². The van der Waals surface area contributed by atoms with Gasteiger partial charge >= 0.3 is 0 Å². The molecule has 1 aliphatic rings. The van der Waals surface area contributed by atoms with Crippen molar-refractivity contribution < 1.29 is 4.39 Å². The molecule has 0 spiro atoms. The van der Waals surface area contributed by atoms with Crippen LogP contribution in [0, 0.1) is 11.7 Å². The van der Waals surface area contributed by atoms with Crippen molar-refractivity contribution in [2.45, 2.75) is 45.1 Å². The molecule has 2 aromatic carbocycles. The monoisotopic (exact) mass is 297 g/mol. The van der Waals surface area contributed by atoms with Gasteiger partial charge in [-0.2, -0.15) is 0 Å². The van der Waals surface area contributed by atoms with E-state index in [-0.39, 0.29) is 17.8 Å². The summed E-state index contributed by atoms with van der Waals surface area (Å²) in [5.74, 6) is 0.572. The van der Waals surface area contributed by atoms with Crippen molar-refractivity contribution in [3.8, 4) is 0 Å². The Morgan fingerprint density at radius 1 is 1.05 bits per heavy atom. The molecular formula is C20H24FN. The van der Waals surface area contributed by atoms with Crippen molar-refractivity contribution >= 4 is 0 Å².